The minimum Gasteiger partial charge on any atom is -0.462 e. The van der Waals surface area contributed by atoms with E-state index in [0.717, 1.165) is 9.81 Å². The monoisotopic (exact) mass is 358 g/mol. The van der Waals surface area contributed by atoms with Crippen LogP contribution in [-0.4, -0.2) is 27.5 Å². The van der Waals surface area contributed by atoms with Crippen molar-refractivity contribution in [2.45, 2.75) is 45.8 Å². The first-order valence-corrected chi connectivity index (χ1v) is 12.4. The van der Waals surface area contributed by atoms with Gasteiger partial charge < -0.3 is 9.16 Å². The Morgan fingerprint density at radius 3 is 2.36 bits per heavy atom. The lowest BCUT2D eigenvalue weighted by atomic mass is 10.2. The smallest absolute Gasteiger partial charge is 0.338 e. The molecule has 0 saturated heterocycles. The van der Waals surface area contributed by atoms with E-state index in [0.29, 0.717) is 18.8 Å². The molecule has 6 heteroatoms. The van der Waals surface area contributed by atoms with Crippen molar-refractivity contribution in [3.8, 4) is 0 Å². The number of rotatable bonds is 6. The van der Waals surface area contributed by atoms with E-state index in [4.69, 9.17) is 9.16 Å². The van der Waals surface area contributed by atoms with Gasteiger partial charge in [0.05, 0.1) is 18.8 Å². The number of ether oxygens (including phenoxy) is 1. The molecule has 0 radical (unpaired) electrons. The van der Waals surface area contributed by atoms with Crippen molar-refractivity contribution in [1.29, 1.82) is 0 Å². The Morgan fingerprint density at radius 2 is 1.91 bits per heavy atom. The lowest BCUT2D eigenvalue weighted by molar-refractivity contribution is -0.138. The second-order valence-electron chi connectivity index (χ2n) is 6.58. The summed E-state index contributed by atoms with van der Waals surface area (Å²) < 4.78 is 11.2. The molecule has 3 nitrogen and oxygen atoms in total. The van der Waals surface area contributed by atoms with E-state index in [2.05, 4.69) is 40.4 Å². The molecule has 0 aromatic carbocycles. The Balaban J connectivity index is 2.64. The van der Waals surface area contributed by atoms with Crippen LogP contribution in [0.5, 0.6) is 0 Å². The first-order chi connectivity index (χ1) is 10.1. The van der Waals surface area contributed by atoms with Gasteiger partial charge in [-0.05, 0) is 37.2 Å². The third kappa shape index (κ3) is 5.33. The summed E-state index contributed by atoms with van der Waals surface area (Å²) in [5.41, 5.74) is 0.417. The van der Waals surface area contributed by atoms with Crippen molar-refractivity contribution in [3.63, 3.8) is 0 Å². The first kappa shape index (κ1) is 19.6. The molecule has 0 amide bonds. The van der Waals surface area contributed by atoms with Crippen LogP contribution in [0.4, 0.5) is 0 Å². The molecule has 0 unspecified atom stereocenters. The number of carbonyl (C=O) groups excluding carboxylic acids is 1. The van der Waals surface area contributed by atoms with E-state index in [1.54, 1.807) is 17.7 Å². The molecule has 0 spiro atoms. The molecule has 1 aliphatic rings. The van der Waals surface area contributed by atoms with Gasteiger partial charge in [-0.25, -0.2) is 4.79 Å². The third-order valence-corrected chi connectivity index (χ3v) is 10.9. The van der Waals surface area contributed by atoms with Gasteiger partial charge >= 0.3 is 5.97 Å². The van der Waals surface area contributed by atoms with Crippen LogP contribution < -0.4 is 0 Å². The fourth-order valence-corrected chi connectivity index (χ4v) is 4.49. The van der Waals surface area contributed by atoms with Crippen molar-refractivity contribution < 1.29 is 14.0 Å². The van der Waals surface area contributed by atoms with E-state index >= 15 is 0 Å². The van der Waals surface area contributed by atoms with E-state index < -0.39 is 8.32 Å². The molecule has 0 bridgehead atoms. The average molecular weight is 359 g/mol. The highest BCUT2D eigenvalue weighted by Gasteiger charge is 2.37. The molecule has 1 aliphatic heterocycles. The van der Waals surface area contributed by atoms with Crippen molar-refractivity contribution in [1.82, 2.24) is 0 Å². The van der Waals surface area contributed by atoms with Crippen molar-refractivity contribution in [3.05, 3.63) is 34.1 Å². The molecule has 1 rings (SSSR count). The standard InChI is InChI=1S/C16H26O3S2Si/c1-8-18-15(17)12(2)14-10-9-13(20-21-14)11-19-22(6,7)16(3,4)5/h9-10H,2,8,11H2,1,3-7H3. The van der Waals surface area contributed by atoms with Crippen LogP contribution in [0.25, 0.3) is 0 Å². The maximum Gasteiger partial charge on any atom is 0.338 e. The Morgan fingerprint density at radius 1 is 1.27 bits per heavy atom. The molecular formula is C16H26O3S2Si. The quantitative estimate of drug-likeness (QED) is 0.279. The molecule has 0 saturated carbocycles. The van der Waals surface area contributed by atoms with Gasteiger partial charge in [0.15, 0.2) is 8.32 Å². The fourth-order valence-electron chi connectivity index (χ4n) is 1.33. The lowest BCUT2D eigenvalue weighted by Gasteiger charge is -2.36. The van der Waals surface area contributed by atoms with Gasteiger partial charge in [0.25, 0.3) is 0 Å². The van der Waals surface area contributed by atoms with E-state index in [1.807, 2.05) is 12.2 Å². The van der Waals surface area contributed by atoms with Gasteiger partial charge in [0.1, 0.15) is 0 Å². The zero-order chi connectivity index (χ0) is 17.0. The number of carbonyl (C=O) groups is 1. The van der Waals surface area contributed by atoms with Crippen molar-refractivity contribution >= 4 is 35.9 Å². The molecule has 124 valence electrons. The zero-order valence-electron chi connectivity index (χ0n) is 14.3. The largest absolute Gasteiger partial charge is 0.462 e. The Kier molecular flexibility index (Phi) is 7.04. The summed E-state index contributed by atoms with van der Waals surface area (Å²) >= 11 is 0. The van der Waals surface area contributed by atoms with Crippen LogP contribution in [0.15, 0.2) is 34.1 Å². The molecular weight excluding hydrogens is 332 g/mol. The van der Waals surface area contributed by atoms with Crippen LogP contribution in [0.2, 0.25) is 18.1 Å². The Bertz CT molecular complexity index is 502. The average Bonchev–Trinajstić information content (AvgIpc) is 2.44. The normalized spacial score (nSPS) is 15.9. The second-order valence-corrected chi connectivity index (χ2v) is 13.7. The van der Waals surface area contributed by atoms with Gasteiger partial charge in [-0.15, -0.1) is 0 Å². The minimum absolute atomic E-state index is 0.208. The Hall–Kier alpha value is -0.433. The topological polar surface area (TPSA) is 35.5 Å². The number of esters is 1. The predicted molar refractivity (Wildman–Crippen MR) is 100 cm³/mol. The molecule has 0 N–H and O–H groups in total. The highest BCUT2D eigenvalue weighted by molar-refractivity contribution is 8.79. The van der Waals surface area contributed by atoms with Crippen LogP contribution >= 0.6 is 21.6 Å². The number of hydrogen-bond donors (Lipinski definition) is 0. The van der Waals surface area contributed by atoms with Gasteiger partial charge in [-0.2, -0.15) is 0 Å². The summed E-state index contributed by atoms with van der Waals surface area (Å²) in [7, 11) is 1.43. The number of hydrogen-bond acceptors (Lipinski definition) is 5. The third-order valence-electron chi connectivity index (χ3n) is 3.86. The maximum absolute atomic E-state index is 11.7. The molecule has 0 aromatic rings. The summed E-state index contributed by atoms with van der Waals surface area (Å²) in [5, 5.41) is 0.208. The highest BCUT2D eigenvalue weighted by Crippen LogP contribution is 2.44. The van der Waals surface area contributed by atoms with Gasteiger partial charge in [0.2, 0.25) is 0 Å². The van der Waals surface area contributed by atoms with Crippen LogP contribution in [-0.2, 0) is 14.0 Å². The van der Waals surface area contributed by atoms with Crippen LogP contribution in [0, 0.1) is 0 Å². The molecule has 1 heterocycles. The molecule has 0 atom stereocenters. The van der Waals surface area contributed by atoms with Gasteiger partial charge in [-0.1, -0.05) is 48.9 Å². The lowest BCUT2D eigenvalue weighted by Crippen LogP contribution is -2.41. The molecule has 0 fully saturated rings. The van der Waals surface area contributed by atoms with Gasteiger partial charge in [0, 0.05) is 9.81 Å². The minimum atomic E-state index is -1.73. The molecule has 0 aliphatic carbocycles. The summed E-state index contributed by atoms with van der Waals surface area (Å²) in [6.45, 7) is 17.8. The maximum atomic E-state index is 11.7. The predicted octanol–water partition coefficient (Wildman–Crippen LogP) is 5.29. The SMILES string of the molecule is C=C(C(=O)OCC)C1=CC=C(CO[Si](C)(C)C(C)(C)C)SS1. The number of allylic oxidation sites excluding steroid dienone is 2. The Labute approximate surface area is 143 Å². The highest BCUT2D eigenvalue weighted by atomic mass is 33.1. The molecule has 22 heavy (non-hydrogen) atoms. The van der Waals surface area contributed by atoms with Crippen molar-refractivity contribution in [2.24, 2.45) is 0 Å². The van der Waals surface area contributed by atoms with Crippen molar-refractivity contribution in [2.75, 3.05) is 13.2 Å². The van der Waals surface area contributed by atoms with Crippen LogP contribution in [0.3, 0.4) is 0 Å². The first-order valence-electron chi connectivity index (χ1n) is 7.34. The molecule has 0 aromatic heterocycles. The van der Waals surface area contributed by atoms with Gasteiger partial charge in [-0.3, -0.25) is 0 Å². The summed E-state index contributed by atoms with van der Waals surface area (Å²) in [5.74, 6) is -0.351. The fraction of sp³-hybridized carbons (Fsp3) is 0.562. The van der Waals surface area contributed by atoms with Crippen LogP contribution in [0.1, 0.15) is 27.7 Å². The summed E-state index contributed by atoms with van der Waals surface area (Å²) in [4.78, 5) is 13.7. The zero-order valence-corrected chi connectivity index (χ0v) is 17.0. The second kappa shape index (κ2) is 7.90. The van der Waals surface area contributed by atoms with E-state index in [9.17, 15) is 4.79 Å². The summed E-state index contributed by atoms with van der Waals surface area (Å²) in [6.07, 6.45) is 3.93. The van der Waals surface area contributed by atoms with E-state index in [1.165, 1.54) is 10.8 Å². The van der Waals surface area contributed by atoms with E-state index in [-0.39, 0.29) is 11.0 Å². The summed E-state index contributed by atoms with van der Waals surface area (Å²) in [6, 6.07) is 0.